The number of para-hydroxylation sites is 1. The number of methoxy groups -OCH3 is 1. The number of nitrogens with one attached hydrogen (secondary N) is 1. The highest BCUT2D eigenvalue weighted by atomic mass is 16.5. The van der Waals surface area contributed by atoms with Crippen LogP contribution in [0.5, 0.6) is 11.5 Å². The molecule has 0 aliphatic carbocycles. The first-order chi connectivity index (χ1) is 13.7. The molecule has 0 radical (unpaired) electrons. The molecule has 1 atom stereocenters. The van der Waals surface area contributed by atoms with Gasteiger partial charge in [0.05, 0.1) is 25.4 Å². The van der Waals surface area contributed by atoms with Crippen molar-refractivity contribution in [2.75, 3.05) is 13.7 Å². The lowest BCUT2D eigenvalue weighted by Gasteiger charge is -2.27. The topological polar surface area (TPSA) is 82.5 Å². The van der Waals surface area contributed by atoms with Gasteiger partial charge in [-0.15, -0.1) is 0 Å². The number of hydrogen-bond donors (Lipinski definition) is 1. The van der Waals surface area contributed by atoms with Crippen LogP contribution in [0.4, 0.5) is 0 Å². The molecular formula is C21H19N3O4. The van der Waals surface area contributed by atoms with Gasteiger partial charge in [0, 0.05) is 24.1 Å². The Hall–Kier alpha value is -3.61. The molecule has 1 unspecified atom stereocenters. The van der Waals surface area contributed by atoms with Crippen molar-refractivity contribution in [1.29, 1.82) is 0 Å². The van der Waals surface area contributed by atoms with Crippen LogP contribution in [0, 0.1) is 0 Å². The van der Waals surface area contributed by atoms with Gasteiger partial charge in [-0.1, -0.05) is 18.2 Å². The minimum Gasteiger partial charge on any atom is -0.497 e. The van der Waals surface area contributed by atoms with E-state index in [1.807, 2.05) is 36.4 Å². The molecule has 2 heterocycles. The predicted molar refractivity (Wildman–Crippen MR) is 103 cm³/mol. The maximum absolute atomic E-state index is 12.8. The van der Waals surface area contributed by atoms with Gasteiger partial charge in [-0.3, -0.25) is 9.59 Å². The normalized spacial score (nSPS) is 15.2. The summed E-state index contributed by atoms with van der Waals surface area (Å²) in [5.41, 5.74) is 1.36. The SMILES string of the molecule is COc1ccc2c(c1)OCCC2NC(=O)c1ccc(=O)n(-c2ccccc2)n1. The van der Waals surface area contributed by atoms with Crippen LogP contribution in [0.25, 0.3) is 5.69 Å². The van der Waals surface area contributed by atoms with E-state index in [4.69, 9.17) is 9.47 Å². The molecule has 0 spiro atoms. The number of nitrogens with zero attached hydrogens (tertiary/aromatic N) is 2. The van der Waals surface area contributed by atoms with E-state index in [-0.39, 0.29) is 23.2 Å². The highest BCUT2D eigenvalue weighted by Gasteiger charge is 2.24. The second kappa shape index (κ2) is 7.56. The third kappa shape index (κ3) is 3.46. The van der Waals surface area contributed by atoms with Crippen LogP contribution in [0.15, 0.2) is 65.5 Å². The summed E-state index contributed by atoms with van der Waals surface area (Å²) in [6.07, 6.45) is 0.642. The van der Waals surface area contributed by atoms with E-state index in [0.29, 0.717) is 30.2 Å². The number of carbonyl (C=O) groups is 1. The Morgan fingerprint density at radius 3 is 2.79 bits per heavy atom. The van der Waals surface area contributed by atoms with Crippen LogP contribution in [-0.4, -0.2) is 29.4 Å². The van der Waals surface area contributed by atoms with E-state index in [0.717, 1.165) is 5.56 Å². The zero-order valence-electron chi connectivity index (χ0n) is 15.3. The number of hydrogen-bond acceptors (Lipinski definition) is 5. The predicted octanol–water partition coefficient (Wildman–Crippen LogP) is 2.49. The molecule has 4 rings (SSSR count). The van der Waals surface area contributed by atoms with Crippen LogP contribution in [0.2, 0.25) is 0 Å². The van der Waals surface area contributed by atoms with Crippen LogP contribution >= 0.6 is 0 Å². The summed E-state index contributed by atoms with van der Waals surface area (Å²) in [6, 6.07) is 17.1. The summed E-state index contributed by atoms with van der Waals surface area (Å²) in [5, 5.41) is 7.22. The molecule has 0 fully saturated rings. The summed E-state index contributed by atoms with van der Waals surface area (Å²) in [6.45, 7) is 0.488. The standard InChI is InChI=1S/C21H19N3O4/c1-27-15-7-8-16-17(11-12-28-19(16)13-15)22-21(26)18-9-10-20(25)24(23-18)14-5-3-2-4-6-14/h2-10,13,17H,11-12H2,1H3,(H,22,26). The number of rotatable bonds is 4. The van der Waals surface area contributed by atoms with Gasteiger partial charge in [0.25, 0.3) is 11.5 Å². The van der Waals surface area contributed by atoms with E-state index < -0.39 is 0 Å². The molecule has 0 saturated carbocycles. The summed E-state index contributed by atoms with van der Waals surface area (Å²) in [7, 11) is 1.59. The Balaban J connectivity index is 1.60. The lowest BCUT2D eigenvalue weighted by atomic mass is 10.00. The number of fused-ring (bicyclic) bond motifs is 1. The molecule has 1 N–H and O–H groups in total. The minimum atomic E-state index is -0.349. The number of benzene rings is 2. The third-order valence-corrected chi connectivity index (χ3v) is 4.60. The fraction of sp³-hybridized carbons (Fsp3) is 0.190. The van der Waals surface area contributed by atoms with E-state index in [1.165, 1.54) is 16.8 Å². The Kier molecular flexibility index (Phi) is 4.80. The number of aromatic nitrogens is 2. The first-order valence-corrected chi connectivity index (χ1v) is 8.93. The molecule has 0 saturated heterocycles. The smallest absolute Gasteiger partial charge is 0.272 e. The summed E-state index contributed by atoms with van der Waals surface area (Å²) in [4.78, 5) is 24.9. The quantitative estimate of drug-likeness (QED) is 0.755. The summed E-state index contributed by atoms with van der Waals surface area (Å²) >= 11 is 0. The van der Waals surface area contributed by atoms with Gasteiger partial charge in [0.15, 0.2) is 0 Å². The van der Waals surface area contributed by atoms with Gasteiger partial charge in [-0.05, 0) is 30.3 Å². The van der Waals surface area contributed by atoms with Gasteiger partial charge in [0.2, 0.25) is 0 Å². The van der Waals surface area contributed by atoms with Gasteiger partial charge < -0.3 is 14.8 Å². The van der Waals surface area contributed by atoms with Crippen LogP contribution in [-0.2, 0) is 0 Å². The highest BCUT2D eigenvalue weighted by molar-refractivity contribution is 5.92. The molecule has 3 aromatic rings. The van der Waals surface area contributed by atoms with Crippen molar-refractivity contribution in [3.8, 4) is 17.2 Å². The van der Waals surface area contributed by atoms with Crippen molar-refractivity contribution in [3.63, 3.8) is 0 Å². The first kappa shape index (κ1) is 17.8. The van der Waals surface area contributed by atoms with Gasteiger partial charge in [0.1, 0.15) is 17.2 Å². The Morgan fingerprint density at radius 2 is 2.00 bits per heavy atom. The van der Waals surface area contributed by atoms with Crippen molar-refractivity contribution in [2.45, 2.75) is 12.5 Å². The number of carbonyl (C=O) groups excluding carboxylic acids is 1. The molecule has 7 nitrogen and oxygen atoms in total. The molecule has 1 aliphatic heterocycles. The Bertz CT molecular complexity index is 1060. The summed E-state index contributed by atoms with van der Waals surface area (Å²) < 4.78 is 12.1. The molecule has 142 valence electrons. The van der Waals surface area contributed by atoms with Crippen LogP contribution in [0.3, 0.4) is 0 Å². The number of amides is 1. The highest BCUT2D eigenvalue weighted by Crippen LogP contribution is 2.34. The average Bonchev–Trinajstić information content (AvgIpc) is 2.74. The van der Waals surface area contributed by atoms with E-state index in [1.54, 1.807) is 19.2 Å². The maximum atomic E-state index is 12.8. The third-order valence-electron chi connectivity index (χ3n) is 4.60. The lowest BCUT2D eigenvalue weighted by molar-refractivity contribution is 0.0918. The lowest BCUT2D eigenvalue weighted by Crippen LogP contribution is -2.34. The maximum Gasteiger partial charge on any atom is 0.272 e. The monoisotopic (exact) mass is 377 g/mol. The summed E-state index contributed by atoms with van der Waals surface area (Å²) in [5.74, 6) is 1.04. The molecule has 28 heavy (non-hydrogen) atoms. The van der Waals surface area contributed by atoms with E-state index >= 15 is 0 Å². The molecular weight excluding hydrogens is 358 g/mol. The Labute approximate surface area is 161 Å². The fourth-order valence-corrected chi connectivity index (χ4v) is 3.17. The van der Waals surface area contributed by atoms with E-state index in [9.17, 15) is 9.59 Å². The second-order valence-corrected chi connectivity index (χ2v) is 6.37. The molecule has 1 amide bonds. The minimum absolute atomic E-state index is 0.171. The zero-order chi connectivity index (χ0) is 19.5. The molecule has 2 aromatic carbocycles. The van der Waals surface area contributed by atoms with Gasteiger partial charge >= 0.3 is 0 Å². The average molecular weight is 377 g/mol. The van der Waals surface area contributed by atoms with Crippen molar-refractivity contribution >= 4 is 5.91 Å². The van der Waals surface area contributed by atoms with Crippen molar-refractivity contribution in [1.82, 2.24) is 15.1 Å². The molecule has 1 aromatic heterocycles. The fourth-order valence-electron chi connectivity index (χ4n) is 3.17. The largest absolute Gasteiger partial charge is 0.497 e. The van der Waals surface area contributed by atoms with Crippen LogP contribution < -0.4 is 20.3 Å². The molecule has 7 heteroatoms. The first-order valence-electron chi connectivity index (χ1n) is 8.93. The second-order valence-electron chi connectivity index (χ2n) is 6.37. The van der Waals surface area contributed by atoms with Crippen LogP contribution in [0.1, 0.15) is 28.5 Å². The van der Waals surface area contributed by atoms with Crippen molar-refractivity contribution in [2.24, 2.45) is 0 Å². The molecule has 0 bridgehead atoms. The van der Waals surface area contributed by atoms with Gasteiger partial charge in [-0.2, -0.15) is 9.78 Å². The molecule has 1 aliphatic rings. The Morgan fingerprint density at radius 1 is 1.18 bits per heavy atom. The van der Waals surface area contributed by atoms with E-state index in [2.05, 4.69) is 10.4 Å². The number of ether oxygens (including phenoxy) is 2. The van der Waals surface area contributed by atoms with Crippen molar-refractivity contribution in [3.05, 3.63) is 82.3 Å². The van der Waals surface area contributed by atoms with Crippen molar-refractivity contribution < 1.29 is 14.3 Å². The van der Waals surface area contributed by atoms with Gasteiger partial charge in [-0.25, -0.2) is 0 Å². The zero-order valence-corrected chi connectivity index (χ0v) is 15.3.